The standard InChI is InChI=1S/C11H8N2O3/c1-15-10-9-8(13-11(14)16-9)6-4-2-3-5-7(6)12-10/h2-5H,1H3,(H,13,14). The Hall–Kier alpha value is -2.30. The molecule has 0 bridgehead atoms. The van der Waals surface area contributed by atoms with Crippen LogP contribution in [0.15, 0.2) is 33.5 Å². The molecule has 0 atom stereocenters. The largest absolute Gasteiger partial charge is 0.478 e. The third-order valence-electron chi connectivity index (χ3n) is 2.43. The van der Waals surface area contributed by atoms with E-state index in [-0.39, 0.29) is 0 Å². The third kappa shape index (κ3) is 1.11. The fourth-order valence-electron chi connectivity index (χ4n) is 1.75. The van der Waals surface area contributed by atoms with Crippen molar-refractivity contribution in [2.45, 2.75) is 0 Å². The molecule has 0 amide bonds. The zero-order chi connectivity index (χ0) is 11.1. The van der Waals surface area contributed by atoms with Crippen LogP contribution in [0, 0.1) is 0 Å². The van der Waals surface area contributed by atoms with Gasteiger partial charge >= 0.3 is 5.76 Å². The fraction of sp³-hybridized carbons (Fsp3) is 0.0909. The summed E-state index contributed by atoms with van der Waals surface area (Å²) in [5, 5.41) is 0.837. The Morgan fingerprint density at radius 3 is 3.00 bits per heavy atom. The highest BCUT2D eigenvalue weighted by Gasteiger charge is 2.13. The first kappa shape index (κ1) is 8.96. The van der Waals surface area contributed by atoms with Gasteiger partial charge in [-0.05, 0) is 6.07 Å². The van der Waals surface area contributed by atoms with Crippen molar-refractivity contribution in [2.24, 2.45) is 0 Å². The average Bonchev–Trinajstić information content (AvgIpc) is 2.69. The quantitative estimate of drug-likeness (QED) is 0.671. The smallest absolute Gasteiger partial charge is 0.417 e. The van der Waals surface area contributed by atoms with Crippen molar-refractivity contribution in [1.29, 1.82) is 0 Å². The van der Waals surface area contributed by atoms with E-state index in [0.29, 0.717) is 17.0 Å². The predicted molar refractivity (Wildman–Crippen MR) is 58.7 cm³/mol. The number of nitrogens with one attached hydrogen (secondary N) is 1. The van der Waals surface area contributed by atoms with Crippen molar-refractivity contribution in [3.63, 3.8) is 0 Å². The lowest BCUT2D eigenvalue weighted by Gasteiger charge is -2.02. The fourth-order valence-corrected chi connectivity index (χ4v) is 1.75. The van der Waals surface area contributed by atoms with Crippen LogP contribution in [0.25, 0.3) is 22.0 Å². The summed E-state index contributed by atoms with van der Waals surface area (Å²) in [5.41, 5.74) is 1.72. The van der Waals surface area contributed by atoms with Crippen LogP contribution in [0.3, 0.4) is 0 Å². The van der Waals surface area contributed by atoms with Crippen LogP contribution in [0.4, 0.5) is 0 Å². The van der Waals surface area contributed by atoms with E-state index in [1.165, 1.54) is 7.11 Å². The summed E-state index contributed by atoms with van der Waals surface area (Å²) in [7, 11) is 1.49. The summed E-state index contributed by atoms with van der Waals surface area (Å²) in [6.45, 7) is 0. The van der Waals surface area contributed by atoms with Crippen molar-refractivity contribution >= 4 is 22.0 Å². The normalized spacial score (nSPS) is 11.1. The number of H-pyrrole nitrogens is 1. The van der Waals surface area contributed by atoms with Crippen LogP contribution in [-0.2, 0) is 0 Å². The van der Waals surface area contributed by atoms with Gasteiger partial charge in [-0.3, -0.25) is 4.98 Å². The number of nitrogens with zero attached hydrogens (tertiary/aromatic N) is 1. The van der Waals surface area contributed by atoms with Gasteiger partial charge in [0.05, 0.1) is 12.6 Å². The van der Waals surface area contributed by atoms with Gasteiger partial charge < -0.3 is 9.15 Å². The monoisotopic (exact) mass is 216 g/mol. The molecule has 0 aliphatic rings. The number of para-hydroxylation sites is 1. The van der Waals surface area contributed by atoms with E-state index >= 15 is 0 Å². The number of aromatic nitrogens is 2. The van der Waals surface area contributed by atoms with Crippen molar-refractivity contribution in [2.75, 3.05) is 7.11 Å². The van der Waals surface area contributed by atoms with Gasteiger partial charge in [-0.1, -0.05) is 18.2 Å². The molecule has 0 spiro atoms. The molecule has 5 nitrogen and oxygen atoms in total. The van der Waals surface area contributed by atoms with Crippen LogP contribution in [0.1, 0.15) is 0 Å². The predicted octanol–water partition coefficient (Wildman–Crippen LogP) is 1.68. The molecular weight excluding hydrogens is 208 g/mol. The van der Waals surface area contributed by atoms with E-state index in [9.17, 15) is 4.79 Å². The number of pyridine rings is 1. The molecule has 1 N–H and O–H groups in total. The lowest BCUT2D eigenvalue weighted by atomic mass is 10.2. The van der Waals surface area contributed by atoms with Gasteiger partial charge in [0.25, 0.3) is 5.88 Å². The van der Waals surface area contributed by atoms with Crippen molar-refractivity contribution < 1.29 is 9.15 Å². The summed E-state index contributed by atoms with van der Waals surface area (Å²) in [5.74, 6) is -0.196. The highest BCUT2D eigenvalue weighted by atomic mass is 16.5. The SMILES string of the molecule is COc1nc2ccccc2c2[nH]c(=O)oc12. The van der Waals surface area contributed by atoms with E-state index < -0.39 is 5.76 Å². The maximum absolute atomic E-state index is 11.2. The second-order valence-electron chi connectivity index (χ2n) is 3.36. The van der Waals surface area contributed by atoms with Crippen LogP contribution >= 0.6 is 0 Å². The first-order valence-corrected chi connectivity index (χ1v) is 4.75. The number of aromatic amines is 1. The van der Waals surface area contributed by atoms with Crippen LogP contribution in [0.5, 0.6) is 5.88 Å². The second kappa shape index (κ2) is 3.10. The molecule has 0 unspecified atom stereocenters. The van der Waals surface area contributed by atoms with E-state index in [1.54, 1.807) is 0 Å². The molecular formula is C11H8N2O3. The van der Waals surface area contributed by atoms with E-state index in [4.69, 9.17) is 9.15 Å². The Labute approximate surface area is 89.7 Å². The van der Waals surface area contributed by atoms with Crippen molar-refractivity contribution in [3.05, 3.63) is 34.8 Å². The number of hydrogen-bond acceptors (Lipinski definition) is 4. The number of oxazole rings is 1. The molecule has 80 valence electrons. The molecule has 0 fully saturated rings. The van der Waals surface area contributed by atoms with Gasteiger partial charge in [-0.2, -0.15) is 0 Å². The highest BCUT2D eigenvalue weighted by molar-refractivity contribution is 6.02. The van der Waals surface area contributed by atoms with Gasteiger partial charge in [0.15, 0.2) is 0 Å². The molecule has 0 radical (unpaired) electrons. The number of ether oxygens (including phenoxy) is 1. The topological polar surface area (TPSA) is 68.1 Å². The Kier molecular flexibility index (Phi) is 1.73. The average molecular weight is 216 g/mol. The summed E-state index contributed by atoms with van der Waals surface area (Å²) < 4.78 is 10.1. The van der Waals surface area contributed by atoms with E-state index in [0.717, 1.165) is 10.9 Å². The molecule has 1 aromatic carbocycles. The molecule has 0 aliphatic carbocycles. The molecule has 3 rings (SSSR count). The van der Waals surface area contributed by atoms with Crippen LogP contribution < -0.4 is 10.5 Å². The highest BCUT2D eigenvalue weighted by Crippen LogP contribution is 2.27. The summed E-state index contributed by atoms with van der Waals surface area (Å²) in [6, 6.07) is 7.47. The summed E-state index contributed by atoms with van der Waals surface area (Å²) >= 11 is 0. The molecule has 0 saturated heterocycles. The van der Waals surface area contributed by atoms with E-state index in [2.05, 4.69) is 9.97 Å². The summed E-state index contributed by atoms with van der Waals surface area (Å²) in [6.07, 6.45) is 0. The molecule has 0 saturated carbocycles. The minimum Gasteiger partial charge on any atom is -0.478 e. The first-order chi connectivity index (χ1) is 7.79. The Balaban J connectivity index is 2.61. The third-order valence-corrected chi connectivity index (χ3v) is 2.43. The number of methoxy groups -OCH3 is 1. The molecule has 16 heavy (non-hydrogen) atoms. The summed E-state index contributed by atoms with van der Waals surface area (Å²) in [4.78, 5) is 18.1. The minimum atomic E-state index is -0.508. The van der Waals surface area contributed by atoms with E-state index in [1.807, 2.05) is 24.3 Å². The maximum Gasteiger partial charge on any atom is 0.417 e. The number of rotatable bonds is 1. The molecule has 3 aromatic rings. The molecule has 0 aliphatic heterocycles. The van der Waals surface area contributed by atoms with Gasteiger partial charge in [0.2, 0.25) is 5.58 Å². The van der Waals surface area contributed by atoms with Gasteiger partial charge in [0.1, 0.15) is 5.52 Å². The van der Waals surface area contributed by atoms with Crippen LogP contribution in [0.2, 0.25) is 0 Å². The lowest BCUT2D eigenvalue weighted by molar-refractivity contribution is 0.393. The van der Waals surface area contributed by atoms with Crippen LogP contribution in [-0.4, -0.2) is 17.1 Å². The van der Waals surface area contributed by atoms with Gasteiger partial charge in [0, 0.05) is 5.39 Å². The number of hydrogen-bond donors (Lipinski definition) is 1. The van der Waals surface area contributed by atoms with Crippen molar-refractivity contribution in [1.82, 2.24) is 9.97 Å². The zero-order valence-electron chi connectivity index (χ0n) is 8.48. The minimum absolute atomic E-state index is 0.312. The maximum atomic E-state index is 11.2. The van der Waals surface area contributed by atoms with Gasteiger partial charge in [-0.25, -0.2) is 9.78 Å². The molecule has 2 aromatic heterocycles. The first-order valence-electron chi connectivity index (χ1n) is 4.75. The number of benzene rings is 1. The van der Waals surface area contributed by atoms with Gasteiger partial charge in [-0.15, -0.1) is 0 Å². The lowest BCUT2D eigenvalue weighted by Crippen LogP contribution is -1.93. The van der Waals surface area contributed by atoms with Crippen molar-refractivity contribution in [3.8, 4) is 5.88 Å². The zero-order valence-corrected chi connectivity index (χ0v) is 8.48. The number of fused-ring (bicyclic) bond motifs is 3. The Bertz CT molecular complexity index is 727. The molecule has 2 heterocycles. The molecule has 5 heteroatoms. The second-order valence-corrected chi connectivity index (χ2v) is 3.36. The Morgan fingerprint density at radius 1 is 1.38 bits per heavy atom. The Morgan fingerprint density at radius 2 is 2.19 bits per heavy atom.